The average molecular weight is 339 g/mol. The summed E-state index contributed by atoms with van der Waals surface area (Å²) in [6, 6.07) is 17.1. The first-order valence-corrected chi connectivity index (χ1v) is 8.34. The molecule has 0 spiro atoms. The zero-order chi connectivity index (χ0) is 17.1. The van der Waals surface area contributed by atoms with Gasteiger partial charge in [0, 0.05) is 16.6 Å². The Hall–Kier alpha value is -2.39. The predicted molar refractivity (Wildman–Crippen MR) is 99.4 cm³/mol. The number of rotatable bonds is 4. The number of para-hydroxylation sites is 1. The van der Waals surface area contributed by atoms with Gasteiger partial charge in [0.25, 0.3) is 0 Å². The number of hydrogen-bond donors (Lipinski definition) is 1. The lowest BCUT2D eigenvalue weighted by molar-refractivity contribution is -0.118. The summed E-state index contributed by atoms with van der Waals surface area (Å²) in [7, 11) is 0. The molecule has 0 aliphatic heterocycles. The van der Waals surface area contributed by atoms with E-state index < -0.39 is 0 Å². The minimum atomic E-state index is -0.249. The Morgan fingerprint density at radius 3 is 2.46 bits per heavy atom. The highest BCUT2D eigenvalue weighted by atomic mass is 35.5. The highest BCUT2D eigenvalue weighted by Gasteiger charge is 2.24. The van der Waals surface area contributed by atoms with Crippen molar-refractivity contribution in [2.45, 2.75) is 19.8 Å². The number of fused-ring (bicyclic) bond motifs is 1. The normalized spacial score (nSPS) is 12.3. The fourth-order valence-corrected chi connectivity index (χ4v) is 3.05. The van der Waals surface area contributed by atoms with Gasteiger partial charge in [-0.3, -0.25) is 9.78 Å². The third kappa shape index (κ3) is 3.41. The Bertz CT molecular complexity index is 854. The SMILES string of the molecule is CC(C)C(C(=O)Nc1cccc2cccnc12)c1ccc(Cl)cc1. The van der Waals surface area contributed by atoms with Crippen LogP contribution in [0.1, 0.15) is 25.3 Å². The van der Waals surface area contributed by atoms with Crippen LogP contribution in [0.2, 0.25) is 5.02 Å². The summed E-state index contributed by atoms with van der Waals surface area (Å²) in [5.74, 6) is -0.124. The molecule has 1 N–H and O–H groups in total. The number of hydrogen-bond acceptors (Lipinski definition) is 2. The van der Waals surface area contributed by atoms with Crippen LogP contribution >= 0.6 is 11.6 Å². The zero-order valence-electron chi connectivity index (χ0n) is 13.7. The highest BCUT2D eigenvalue weighted by molar-refractivity contribution is 6.30. The van der Waals surface area contributed by atoms with E-state index >= 15 is 0 Å². The van der Waals surface area contributed by atoms with Crippen molar-refractivity contribution in [2.24, 2.45) is 5.92 Å². The molecule has 0 saturated heterocycles. The summed E-state index contributed by atoms with van der Waals surface area (Å²) in [6.07, 6.45) is 1.73. The van der Waals surface area contributed by atoms with Gasteiger partial charge in [0.2, 0.25) is 5.91 Å². The number of carbonyl (C=O) groups is 1. The van der Waals surface area contributed by atoms with Crippen LogP contribution in [0.4, 0.5) is 5.69 Å². The molecule has 1 heterocycles. The number of anilines is 1. The van der Waals surface area contributed by atoms with Crippen LogP contribution in [0.15, 0.2) is 60.8 Å². The molecule has 0 radical (unpaired) electrons. The lowest BCUT2D eigenvalue weighted by atomic mass is 9.87. The smallest absolute Gasteiger partial charge is 0.232 e. The van der Waals surface area contributed by atoms with Gasteiger partial charge in [-0.25, -0.2) is 0 Å². The van der Waals surface area contributed by atoms with Crippen molar-refractivity contribution in [1.29, 1.82) is 0 Å². The molecule has 0 bridgehead atoms. The van der Waals surface area contributed by atoms with Gasteiger partial charge in [-0.2, -0.15) is 0 Å². The number of aromatic nitrogens is 1. The molecule has 0 aliphatic rings. The molecule has 0 fully saturated rings. The van der Waals surface area contributed by atoms with E-state index in [0.29, 0.717) is 5.02 Å². The van der Waals surface area contributed by atoms with Crippen LogP contribution in [-0.2, 0) is 4.79 Å². The summed E-state index contributed by atoms with van der Waals surface area (Å²) in [6.45, 7) is 4.08. The number of nitrogens with zero attached hydrogens (tertiary/aromatic N) is 1. The lowest BCUT2D eigenvalue weighted by Crippen LogP contribution is -2.25. The van der Waals surface area contributed by atoms with Gasteiger partial charge in [0.15, 0.2) is 0 Å². The largest absolute Gasteiger partial charge is 0.324 e. The second-order valence-electron chi connectivity index (χ2n) is 6.14. The Kier molecular flexibility index (Phi) is 4.81. The first-order valence-electron chi connectivity index (χ1n) is 7.96. The number of amides is 1. The average Bonchev–Trinajstić information content (AvgIpc) is 2.57. The third-order valence-corrected chi connectivity index (χ3v) is 4.32. The van der Waals surface area contributed by atoms with Crippen molar-refractivity contribution in [1.82, 2.24) is 4.98 Å². The van der Waals surface area contributed by atoms with Crippen molar-refractivity contribution in [3.8, 4) is 0 Å². The fraction of sp³-hybridized carbons (Fsp3) is 0.200. The van der Waals surface area contributed by atoms with Crippen LogP contribution < -0.4 is 5.32 Å². The van der Waals surface area contributed by atoms with Crippen LogP contribution in [0.25, 0.3) is 10.9 Å². The van der Waals surface area contributed by atoms with Crippen molar-refractivity contribution < 1.29 is 4.79 Å². The minimum Gasteiger partial charge on any atom is -0.324 e. The number of pyridine rings is 1. The molecule has 3 rings (SSSR count). The van der Waals surface area contributed by atoms with Gasteiger partial charge in [0.1, 0.15) is 0 Å². The summed E-state index contributed by atoms with van der Waals surface area (Å²) in [4.78, 5) is 17.3. The standard InChI is InChI=1S/C20H19ClN2O/c1-13(2)18(14-8-10-16(21)11-9-14)20(24)23-17-7-3-5-15-6-4-12-22-19(15)17/h3-13,18H,1-2H3,(H,23,24). The van der Waals surface area contributed by atoms with Crippen molar-refractivity contribution in [2.75, 3.05) is 5.32 Å². The highest BCUT2D eigenvalue weighted by Crippen LogP contribution is 2.29. The van der Waals surface area contributed by atoms with Gasteiger partial charge in [-0.1, -0.05) is 55.8 Å². The minimum absolute atomic E-state index is 0.0366. The lowest BCUT2D eigenvalue weighted by Gasteiger charge is -2.21. The van der Waals surface area contributed by atoms with E-state index in [4.69, 9.17) is 11.6 Å². The van der Waals surface area contributed by atoms with Crippen LogP contribution in [-0.4, -0.2) is 10.9 Å². The molecule has 1 atom stereocenters. The zero-order valence-corrected chi connectivity index (χ0v) is 14.4. The number of nitrogens with one attached hydrogen (secondary N) is 1. The fourth-order valence-electron chi connectivity index (χ4n) is 2.92. The molecule has 24 heavy (non-hydrogen) atoms. The summed E-state index contributed by atoms with van der Waals surface area (Å²) >= 11 is 5.96. The summed E-state index contributed by atoms with van der Waals surface area (Å²) in [5.41, 5.74) is 2.49. The molecule has 0 aliphatic carbocycles. The van der Waals surface area contributed by atoms with E-state index in [0.717, 1.165) is 22.2 Å². The molecule has 122 valence electrons. The Morgan fingerprint density at radius 1 is 1.04 bits per heavy atom. The van der Waals surface area contributed by atoms with Crippen molar-refractivity contribution in [3.05, 3.63) is 71.4 Å². The quantitative estimate of drug-likeness (QED) is 0.704. The maximum atomic E-state index is 12.9. The molecule has 1 unspecified atom stereocenters. The Labute approximate surface area is 146 Å². The van der Waals surface area contributed by atoms with Crippen LogP contribution in [0.3, 0.4) is 0 Å². The predicted octanol–water partition coefficient (Wildman–Crippen LogP) is 5.27. The number of halogens is 1. The topological polar surface area (TPSA) is 42.0 Å². The van der Waals surface area contributed by atoms with E-state index in [-0.39, 0.29) is 17.7 Å². The first-order chi connectivity index (χ1) is 11.6. The molecule has 2 aromatic carbocycles. The van der Waals surface area contributed by atoms with Crippen LogP contribution in [0.5, 0.6) is 0 Å². The monoisotopic (exact) mass is 338 g/mol. The Morgan fingerprint density at radius 2 is 1.75 bits per heavy atom. The second-order valence-corrected chi connectivity index (χ2v) is 6.58. The summed E-state index contributed by atoms with van der Waals surface area (Å²) in [5, 5.41) is 4.71. The van der Waals surface area contributed by atoms with Gasteiger partial charge in [-0.15, -0.1) is 0 Å². The van der Waals surface area contributed by atoms with E-state index in [1.165, 1.54) is 0 Å². The maximum Gasteiger partial charge on any atom is 0.232 e. The summed E-state index contributed by atoms with van der Waals surface area (Å²) < 4.78 is 0. The molecule has 4 heteroatoms. The van der Waals surface area contributed by atoms with Crippen molar-refractivity contribution >= 4 is 34.1 Å². The molecule has 1 aromatic heterocycles. The second kappa shape index (κ2) is 7.02. The van der Waals surface area contributed by atoms with E-state index in [1.54, 1.807) is 6.20 Å². The Balaban J connectivity index is 1.92. The first kappa shape index (κ1) is 16.5. The molecule has 1 amide bonds. The molecule has 3 nitrogen and oxygen atoms in total. The van der Waals surface area contributed by atoms with E-state index in [1.807, 2.05) is 68.4 Å². The van der Waals surface area contributed by atoms with E-state index in [9.17, 15) is 4.79 Å². The van der Waals surface area contributed by atoms with Crippen molar-refractivity contribution in [3.63, 3.8) is 0 Å². The third-order valence-electron chi connectivity index (χ3n) is 4.07. The van der Waals surface area contributed by atoms with Gasteiger partial charge in [-0.05, 0) is 35.7 Å². The van der Waals surface area contributed by atoms with Gasteiger partial charge >= 0.3 is 0 Å². The molecular formula is C20H19ClN2O. The van der Waals surface area contributed by atoms with E-state index in [2.05, 4.69) is 10.3 Å². The van der Waals surface area contributed by atoms with Gasteiger partial charge in [0.05, 0.1) is 17.1 Å². The van der Waals surface area contributed by atoms with Gasteiger partial charge < -0.3 is 5.32 Å². The number of benzene rings is 2. The number of carbonyl (C=O) groups excluding carboxylic acids is 1. The molecule has 3 aromatic rings. The maximum absolute atomic E-state index is 12.9. The molecular weight excluding hydrogens is 320 g/mol. The van der Waals surface area contributed by atoms with Crippen LogP contribution in [0, 0.1) is 5.92 Å². The molecule has 0 saturated carbocycles.